The highest BCUT2D eigenvalue weighted by molar-refractivity contribution is 5.94. The molecule has 0 unspecified atom stereocenters. The molecular weight excluding hydrogens is 236 g/mol. The van der Waals surface area contributed by atoms with Crippen LogP contribution in [0.1, 0.15) is 24.2 Å². The van der Waals surface area contributed by atoms with Crippen LogP contribution in [-0.2, 0) is 0 Å². The zero-order chi connectivity index (χ0) is 13.7. The molecule has 0 aliphatic carbocycles. The van der Waals surface area contributed by atoms with Crippen molar-refractivity contribution in [3.63, 3.8) is 0 Å². The van der Waals surface area contributed by atoms with Crippen molar-refractivity contribution in [1.29, 1.82) is 0 Å². The van der Waals surface area contributed by atoms with Gasteiger partial charge in [-0.1, -0.05) is 32.0 Å². The van der Waals surface area contributed by atoms with Crippen molar-refractivity contribution in [3.05, 3.63) is 54.2 Å². The minimum Gasteiger partial charge on any atom is -0.352 e. The zero-order valence-electron chi connectivity index (χ0n) is 11.3. The second kappa shape index (κ2) is 6.14. The number of hydrogen-bond donors (Lipinski definition) is 1. The van der Waals surface area contributed by atoms with Crippen molar-refractivity contribution >= 4 is 5.91 Å². The van der Waals surface area contributed by atoms with Gasteiger partial charge in [-0.3, -0.25) is 9.78 Å². The van der Waals surface area contributed by atoms with Crippen LogP contribution in [0.25, 0.3) is 11.3 Å². The third kappa shape index (κ3) is 3.65. The molecule has 0 radical (unpaired) electrons. The maximum atomic E-state index is 11.9. The van der Waals surface area contributed by atoms with Crippen LogP contribution in [0, 0.1) is 5.92 Å². The average molecular weight is 254 g/mol. The fourth-order valence-corrected chi connectivity index (χ4v) is 1.72. The monoisotopic (exact) mass is 254 g/mol. The Labute approximate surface area is 113 Å². The Kier molecular flexibility index (Phi) is 4.29. The number of carbonyl (C=O) groups is 1. The molecular formula is C16H18N2O. The molecule has 1 amide bonds. The number of amides is 1. The highest BCUT2D eigenvalue weighted by Gasteiger charge is 2.06. The summed E-state index contributed by atoms with van der Waals surface area (Å²) in [5, 5.41) is 2.90. The second-order valence-electron chi connectivity index (χ2n) is 4.90. The zero-order valence-corrected chi connectivity index (χ0v) is 11.3. The van der Waals surface area contributed by atoms with Crippen molar-refractivity contribution < 1.29 is 4.79 Å². The number of aromatic nitrogens is 1. The van der Waals surface area contributed by atoms with Crippen LogP contribution in [0.2, 0.25) is 0 Å². The lowest BCUT2D eigenvalue weighted by atomic mass is 10.1. The molecule has 0 bridgehead atoms. The molecule has 1 N–H and O–H groups in total. The van der Waals surface area contributed by atoms with Gasteiger partial charge in [0, 0.05) is 23.9 Å². The molecule has 0 fully saturated rings. The van der Waals surface area contributed by atoms with Gasteiger partial charge >= 0.3 is 0 Å². The summed E-state index contributed by atoms with van der Waals surface area (Å²) in [6, 6.07) is 13.3. The number of nitrogens with zero attached hydrogens (tertiary/aromatic N) is 1. The normalized spacial score (nSPS) is 10.5. The predicted molar refractivity (Wildman–Crippen MR) is 76.8 cm³/mol. The quantitative estimate of drug-likeness (QED) is 0.910. The molecule has 19 heavy (non-hydrogen) atoms. The van der Waals surface area contributed by atoms with E-state index in [1.165, 1.54) is 0 Å². The molecule has 0 aliphatic rings. The van der Waals surface area contributed by atoms with Gasteiger partial charge in [-0.05, 0) is 30.2 Å². The summed E-state index contributed by atoms with van der Waals surface area (Å²) in [4.78, 5) is 16.2. The van der Waals surface area contributed by atoms with Gasteiger partial charge in [0.25, 0.3) is 5.91 Å². The molecule has 1 aromatic heterocycles. The summed E-state index contributed by atoms with van der Waals surface area (Å²) in [6.45, 7) is 4.84. The van der Waals surface area contributed by atoms with E-state index in [9.17, 15) is 4.79 Å². The maximum absolute atomic E-state index is 11.9. The van der Waals surface area contributed by atoms with E-state index in [0.29, 0.717) is 18.0 Å². The van der Waals surface area contributed by atoms with E-state index in [0.717, 1.165) is 11.3 Å². The first-order chi connectivity index (χ1) is 9.16. The Morgan fingerprint density at radius 2 is 1.89 bits per heavy atom. The minimum atomic E-state index is -0.0266. The second-order valence-corrected chi connectivity index (χ2v) is 4.90. The van der Waals surface area contributed by atoms with Gasteiger partial charge in [-0.25, -0.2) is 0 Å². The first-order valence-electron chi connectivity index (χ1n) is 6.46. The van der Waals surface area contributed by atoms with Crippen molar-refractivity contribution in [2.75, 3.05) is 6.54 Å². The first kappa shape index (κ1) is 13.3. The summed E-state index contributed by atoms with van der Waals surface area (Å²) >= 11 is 0. The molecule has 0 aliphatic heterocycles. The first-order valence-corrected chi connectivity index (χ1v) is 6.46. The van der Waals surface area contributed by atoms with Crippen LogP contribution in [-0.4, -0.2) is 17.4 Å². The molecule has 1 heterocycles. The SMILES string of the molecule is CC(C)CNC(=O)c1ccc(-c2ccccn2)cc1. The molecule has 0 saturated heterocycles. The van der Waals surface area contributed by atoms with Crippen LogP contribution in [0.5, 0.6) is 0 Å². The maximum Gasteiger partial charge on any atom is 0.251 e. The number of benzene rings is 1. The van der Waals surface area contributed by atoms with Crippen LogP contribution in [0.15, 0.2) is 48.7 Å². The lowest BCUT2D eigenvalue weighted by Gasteiger charge is -2.08. The van der Waals surface area contributed by atoms with Crippen molar-refractivity contribution in [2.45, 2.75) is 13.8 Å². The van der Waals surface area contributed by atoms with Gasteiger partial charge in [-0.2, -0.15) is 0 Å². The van der Waals surface area contributed by atoms with E-state index < -0.39 is 0 Å². The van der Waals surface area contributed by atoms with Gasteiger partial charge < -0.3 is 5.32 Å². The summed E-state index contributed by atoms with van der Waals surface area (Å²) in [7, 11) is 0. The summed E-state index contributed by atoms with van der Waals surface area (Å²) < 4.78 is 0. The average Bonchev–Trinajstić information content (AvgIpc) is 2.46. The Morgan fingerprint density at radius 3 is 2.47 bits per heavy atom. The Hall–Kier alpha value is -2.16. The van der Waals surface area contributed by atoms with Gasteiger partial charge in [0.15, 0.2) is 0 Å². The number of hydrogen-bond acceptors (Lipinski definition) is 2. The van der Waals surface area contributed by atoms with E-state index in [1.54, 1.807) is 6.20 Å². The van der Waals surface area contributed by atoms with E-state index >= 15 is 0 Å². The Bertz CT molecular complexity index is 532. The lowest BCUT2D eigenvalue weighted by molar-refractivity contribution is 0.0949. The van der Waals surface area contributed by atoms with Gasteiger partial charge in [0.05, 0.1) is 5.69 Å². The van der Waals surface area contributed by atoms with E-state index in [-0.39, 0.29) is 5.91 Å². The van der Waals surface area contributed by atoms with Crippen LogP contribution in [0.3, 0.4) is 0 Å². The molecule has 98 valence electrons. The Morgan fingerprint density at radius 1 is 1.16 bits per heavy atom. The molecule has 2 rings (SSSR count). The standard InChI is InChI=1S/C16H18N2O/c1-12(2)11-18-16(19)14-8-6-13(7-9-14)15-5-3-4-10-17-15/h3-10,12H,11H2,1-2H3,(H,18,19). The minimum absolute atomic E-state index is 0.0266. The molecule has 0 atom stereocenters. The van der Waals surface area contributed by atoms with Gasteiger partial charge in [0.1, 0.15) is 0 Å². The highest BCUT2D eigenvalue weighted by Crippen LogP contribution is 2.16. The molecule has 3 nitrogen and oxygen atoms in total. The van der Waals surface area contributed by atoms with E-state index in [1.807, 2.05) is 42.5 Å². The number of rotatable bonds is 4. The topological polar surface area (TPSA) is 42.0 Å². The number of nitrogens with one attached hydrogen (secondary N) is 1. The fraction of sp³-hybridized carbons (Fsp3) is 0.250. The summed E-state index contributed by atoms with van der Waals surface area (Å²) in [5.41, 5.74) is 2.61. The summed E-state index contributed by atoms with van der Waals surface area (Å²) in [6.07, 6.45) is 1.76. The highest BCUT2D eigenvalue weighted by atomic mass is 16.1. The predicted octanol–water partition coefficient (Wildman–Crippen LogP) is 3.13. The number of carbonyl (C=O) groups excluding carboxylic acids is 1. The lowest BCUT2D eigenvalue weighted by Crippen LogP contribution is -2.27. The number of pyridine rings is 1. The van der Waals surface area contributed by atoms with E-state index in [4.69, 9.17) is 0 Å². The molecule has 3 heteroatoms. The molecule has 2 aromatic rings. The third-order valence-corrected chi connectivity index (χ3v) is 2.78. The fourth-order valence-electron chi connectivity index (χ4n) is 1.72. The third-order valence-electron chi connectivity index (χ3n) is 2.78. The van der Waals surface area contributed by atoms with Gasteiger partial charge in [0.2, 0.25) is 0 Å². The van der Waals surface area contributed by atoms with Crippen LogP contribution in [0.4, 0.5) is 0 Å². The molecule has 1 aromatic carbocycles. The Balaban J connectivity index is 2.08. The van der Waals surface area contributed by atoms with Gasteiger partial charge in [-0.15, -0.1) is 0 Å². The largest absolute Gasteiger partial charge is 0.352 e. The molecule has 0 spiro atoms. The van der Waals surface area contributed by atoms with Crippen LogP contribution < -0.4 is 5.32 Å². The molecule has 0 saturated carbocycles. The van der Waals surface area contributed by atoms with E-state index in [2.05, 4.69) is 24.1 Å². The smallest absolute Gasteiger partial charge is 0.251 e. The van der Waals surface area contributed by atoms with Crippen LogP contribution >= 0.6 is 0 Å². The van der Waals surface area contributed by atoms with Crippen molar-refractivity contribution in [1.82, 2.24) is 10.3 Å². The van der Waals surface area contributed by atoms with Crippen molar-refractivity contribution in [2.24, 2.45) is 5.92 Å². The van der Waals surface area contributed by atoms with Crippen molar-refractivity contribution in [3.8, 4) is 11.3 Å². The summed E-state index contributed by atoms with van der Waals surface area (Å²) in [5.74, 6) is 0.429.